The van der Waals surface area contributed by atoms with Crippen LogP contribution >= 0.6 is 11.3 Å². The van der Waals surface area contributed by atoms with Gasteiger partial charge in [0, 0.05) is 16.3 Å². The summed E-state index contributed by atoms with van der Waals surface area (Å²) in [5.74, 6) is -0.175. The third kappa shape index (κ3) is 2.55. The zero-order valence-corrected chi connectivity index (χ0v) is 10.3. The lowest BCUT2D eigenvalue weighted by atomic mass is 10.1. The number of hydrogen-bond donors (Lipinski definition) is 2. The molecule has 1 unspecified atom stereocenters. The van der Waals surface area contributed by atoms with Crippen LogP contribution < -0.4 is 5.32 Å². The second-order valence-electron chi connectivity index (χ2n) is 3.82. The fourth-order valence-electron chi connectivity index (χ4n) is 1.72. The van der Waals surface area contributed by atoms with E-state index < -0.39 is 12.0 Å². The molecule has 0 aliphatic rings. The molecule has 0 bridgehead atoms. The van der Waals surface area contributed by atoms with Crippen molar-refractivity contribution in [1.82, 2.24) is 4.98 Å². The van der Waals surface area contributed by atoms with Gasteiger partial charge in [-0.1, -0.05) is 13.3 Å². The number of carbonyl (C=O) groups is 1. The van der Waals surface area contributed by atoms with Gasteiger partial charge in [0.05, 0.1) is 0 Å². The number of carboxylic acids is 1. The Morgan fingerprint density at radius 1 is 1.59 bits per heavy atom. The normalized spacial score (nSPS) is 12.5. The van der Waals surface area contributed by atoms with E-state index in [1.54, 1.807) is 17.5 Å². The average molecular weight is 250 g/mol. The molecule has 2 aromatic rings. The Morgan fingerprint density at radius 3 is 3.12 bits per heavy atom. The van der Waals surface area contributed by atoms with Gasteiger partial charge in [-0.25, -0.2) is 9.78 Å². The second kappa shape index (κ2) is 5.14. The third-order valence-electron chi connectivity index (χ3n) is 2.57. The van der Waals surface area contributed by atoms with Crippen molar-refractivity contribution in [3.8, 4) is 0 Å². The lowest BCUT2D eigenvalue weighted by molar-refractivity contribution is -0.138. The highest BCUT2D eigenvalue weighted by Gasteiger charge is 2.17. The minimum atomic E-state index is -0.833. The first-order chi connectivity index (χ1) is 8.22. The number of anilines is 1. The molecule has 17 heavy (non-hydrogen) atoms. The highest BCUT2D eigenvalue weighted by Crippen LogP contribution is 2.26. The van der Waals surface area contributed by atoms with Crippen LogP contribution in [0.3, 0.4) is 0 Å². The maximum Gasteiger partial charge on any atom is 0.326 e. The zero-order valence-electron chi connectivity index (χ0n) is 9.51. The summed E-state index contributed by atoms with van der Waals surface area (Å²) in [4.78, 5) is 15.3. The van der Waals surface area contributed by atoms with E-state index >= 15 is 0 Å². The number of rotatable bonds is 5. The summed E-state index contributed by atoms with van der Waals surface area (Å²) in [5, 5.41) is 15.1. The van der Waals surface area contributed by atoms with Crippen LogP contribution in [0, 0.1) is 0 Å². The third-order valence-corrected chi connectivity index (χ3v) is 3.45. The number of fused-ring (bicyclic) bond motifs is 1. The maximum atomic E-state index is 11.1. The van der Waals surface area contributed by atoms with Crippen molar-refractivity contribution in [2.45, 2.75) is 25.8 Å². The topological polar surface area (TPSA) is 62.2 Å². The zero-order chi connectivity index (χ0) is 12.3. The number of nitrogens with one attached hydrogen (secondary N) is 1. The molecule has 90 valence electrons. The largest absolute Gasteiger partial charge is 0.480 e. The van der Waals surface area contributed by atoms with Gasteiger partial charge in [0.2, 0.25) is 0 Å². The van der Waals surface area contributed by atoms with E-state index in [1.807, 2.05) is 24.4 Å². The standard InChI is InChI=1S/C12H14N2O2S/c1-2-3-9(12(15)16)14-11-8-5-7-17-10(8)4-6-13-11/h4-7,9H,2-3H2,1H3,(H,13,14)(H,15,16). The molecular weight excluding hydrogens is 236 g/mol. The van der Waals surface area contributed by atoms with Gasteiger partial charge in [0.15, 0.2) is 0 Å². The van der Waals surface area contributed by atoms with Crippen molar-refractivity contribution in [1.29, 1.82) is 0 Å². The molecule has 0 saturated carbocycles. The van der Waals surface area contributed by atoms with Gasteiger partial charge in [-0.15, -0.1) is 11.3 Å². The maximum absolute atomic E-state index is 11.1. The molecule has 0 aliphatic heterocycles. The number of carboxylic acid groups (broad SMARTS) is 1. The number of pyridine rings is 1. The van der Waals surface area contributed by atoms with Crippen LogP contribution in [0.15, 0.2) is 23.7 Å². The molecule has 0 amide bonds. The predicted molar refractivity (Wildman–Crippen MR) is 69.6 cm³/mol. The molecule has 2 rings (SSSR count). The Morgan fingerprint density at radius 2 is 2.41 bits per heavy atom. The van der Waals surface area contributed by atoms with Crippen LogP contribution in [0.1, 0.15) is 19.8 Å². The van der Waals surface area contributed by atoms with E-state index in [9.17, 15) is 4.79 Å². The molecule has 5 heteroatoms. The van der Waals surface area contributed by atoms with Gasteiger partial charge in [-0.2, -0.15) is 0 Å². The van der Waals surface area contributed by atoms with Crippen molar-refractivity contribution < 1.29 is 9.90 Å². The smallest absolute Gasteiger partial charge is 0.326 e. The van der Waals surface area contributed by atoms with Gasteiger partial charge >= 0.3 is 5.97 Å². The number of hydrogen-bond acceptors (Lipinski definition) is 4. The van der Waals surface area contributed by atoms with Crippen LogP contribution in [-0.2, 0) is 4.79 Å². The highest BCUT2D eigenvalue weighted by atomic mass is 32.1. The van der Waals surface area contributed by atoms with Crippen LogP contribution in [-0.4, -0.2) is 22.1 Å². The monoisotopic (exact) mass is 250 g/mol. The van der Waals surface area contributed by atoms with Gasteiger partial charge in [0.25, 0.3) is 0 Å². The number of aromatic nitrogens is 1. The molecule has 0 radical (unpaired) electrons. The van der Waals surface area contributed by atoms with E-state index in [-0.39, 0.29) is 0 Å². The Bertz CT molecular complexity index is 524. The first-order valence-corrected chi connectivity index (χ1v) is 6.42. The molecule has 0 aliphatic carbocycles. The van der Waals surface area contributed by atoms with E-state index in [0.29, 0.717) is 12.2 Å². The van der Waals surface area contributed by atoms with Crippen molar-refractivity contribution in [2.75, 3.05) is 5.32 Å². The Balaban J connectivity index is 2.27. The fraction of sp³-hybridized carbons (Fsp3) is 0.333. The van der Waals surface area contributed by atoms with Crippen molar-refractivity contribution in [3.05, 3.63) is 23.7 Å². The van der Waals surface area contributed by atoms with Gasteiger partial charge in [-0.05, 0) is 23.9 Å². The summed E-state index contributed by atoms with van der Waals surface area (Å²) in [6, 6.07) is 3.32. The molecule has 0 saturated heterocycles. The number of thiophene rings is 1. The Kier molecular flexibility index (Phi) is 3.58. The summed E-state index contributed by atoms with van der Waals surface area (Å²) in [6.07, 6.45) is 3.12. The summed E-state index contributed by atoms with van der Waals surface area (Å²) in [5.41, 5.74) is 0. The number of nitrogens with zero attached hydrogens (tertiary/aromatic N) is 1. The summed E-state index contributed by atoms with van der Waals surface area (Å²) in [6.45, 7) is 1.97. The lowest BCUT2D eigenvalue weighted by Crippen LogP contribution is -2.29. The molecule has 1 atom stereocenters. The molecule has 0 spiro atoms. The van der Waals surface area contributed by atoms with Crippen LogP contribution in [0.2, 0.25) is 0 Å². The van der Waals surface area contributed by atoms with Crippen molar-refractivity contribution in [2.24, 2.45) is 0 Å². The first kappa shape index (κ1) is 11.9. The van der Waals surface area contributed by atoms with Crippen molar-refractivity contribution >= 4 is 33.2 Å². The lowest BCUT2D eigenvalue weighted by Gasteiger charge is -2.14. The van der Waals surface area contributed by atoms with E-state index in [4.69, 9.17) is 5.11 Å². The van der Waals surface area contributed by atoms with Crippen molar-refractivity contribution in [3.63, 3.8) is 0 Å². The fourth-order valence-corrected chi connectivity index (χ4v) is 2.50. The molecular formula is C12H14N2O2S. The quantitative estimate of drug-likeness (QED) is 0.856. The average Bonchev–Trinajstić information content (AvgIpc) is 2.77. The minimum absolute atomic E-state index is 0.571. The molecule has 0 fully saturated rings. The summed E-state index contributed by atoms with van der Waals surface area (Å²) >= 11 is 1.62. The van der Waals surface area contributed by atoms with E-state index in [2.05, 4.69) is 10.3 Å². The van der Waals surface area contributed by atoms with Crippen LogP contribution in [0.4, 0.5) is 5.82 Å². The summed E-state index contributed by atoms with van der Waals surface area (Å²) < 4.78 is 1.11. The predicted octanol–water partition coefficient (Wildman–Crippen LogP) is 2.96. The Hall–Kier alpha value is -1.62. The van der Waals surface area contributed by atoms with Crippen LogP contribution in [0.25, 0.3) is 10.1 Å². The van der Waals surface area contributed by atoms with Crippen LogP contribution in [0.5, 0.6) is 0 Å². The molecule has 4 nitrogen and oxygen atoms in total. The van der Waals surface area contributed by atoms with Gasteiger partial charge in [0.1, 0.15) is 11.9 Å². The molecule has 2 N–H and O–H groups in total. The summed E-state index contributed by atoms with van der Waals surface area (Å²) in [7, 11) is 0. The van der Waals surface area contributed by atoms with Gasteiger partial charge in [-0.3, -0.25) is 0 Å². The van der Waals surface area contributed by atoms with E-state index in [0.717, 1.165) is 16.5 Å². The van der Waals surface area contributed by atoms with E-state index in [1.165, 1.54) is 0 Å². The molecule has 2 aromatic heterocycles. The molecule has 2 heterocycles. The number of aliphatic carboxylic acids is 1. The SMILES string of the molecule is CCCC(Nc1nccc2sccc12)C(=O)O. The molecule has 0 aromatic carbocycles. The van der Waals surface area contributed by atoms with Gasteiger partial charge < -0.3 is 10.4 Å². The second-order valence-corrected chi connectivity index (χ2v) is 4.76. The highest BCUT2D eigenvalue weighted by molar-refractivity contribution is 7.17. The first-order valence-electron chi connectivity index (χ1n) is 5.54. The minimum Gasteiger partial charge on any atom is -0.480 e. The Labute approximate surface area is 103 Å².